The number of non-ortho nitro benzene ring substituents is 1. The van der Waals surface area contributed by atoms with Gasteiger partial charge in [0, 0.05) is 30.1 Å². The number of oxazole rings is 1. The zero-order valence-electron chi connectivity index (χ0n) is 15.6. The number of rotatable bonds is 6. The number of nitrogens with zero attached hydrogens (tertiary/aromatic N) is 4. The molecule has 0 unspecified atom stereocenters. The van der Waals surface area contributed by atoms with E-state index in [-0.39, 0.29) is 5.69 Å². The predicted octanol–water partition coefficient (Wildman–Crippen LogP) is 3.83. The summed E-state index contributed by atoms with van der Waals surface area (Å²) in [7, 11) is 0. The van der Waals surface area contributed by atoms with Crippen LogP contribution in [0, 0.1) is 21.4 Å². The van der Waals surface area contributed by atoms with Gasteiger partial charge in [0.2, 0.25) is 0 Å². The first-order valence-corrected chi connectivity index (χ1v) is 10.4. The minimum atomic E-state index is -0.532. The van der Waals surface area contributed by atoms with E-state index in [9.17, 15) is 20.2 Å². The van der Waals surface area contributed by atoms with Crippen molar-refractivity contribution in [2.24, 2.45) is 0 Å². The Bertz CT molecular complexity index is 1190. The molecule has 0 fully saturated rings. The van der Waals surface area contributed by atoms with Gasteiger partial charge in [0.25, 0.3) is 5.69 Å². The molecule has 2 aromatic heterocycles. The first-order chi connectivity index (χ1) is 14.1. The molecule has 0 spiro atoms. The molecule has 1 aliphatic rings. The Morgan fingerprint density at radius 1 is 1.31 bits per heavy atom. The van der Waals surface area contributed by atoms with Crippen molar-refractivity contribution >= 4 is 28.5 Å². The Morgan fingerprint density at radius 3 is 2.93 bits per heavy atom. The lowest BCUT2D eigenvalue weighted by molar-refractivity contribution is -0.384. The van der Waals surface area contributed by atoms with Crippen LogP contribution in [0.25, 0.3) is 11.1 Å². The Kier molecular flexibility index (Phi) is 5.36. The van der Waals surface area contributed by atoms with Crippen LogP contribution in [0.5, 0.6) is 0 Å². The van der Waals surface area contributed by atoms with Gasteiger partial charge in [-0.2, -0.15) is 5.26 Å². The number of nitro groups is 1. The average molecular weight is 410 g/mol. The van der Waals surface area contributed by atoms with Crippen molar-refractivity contribution in [2.45, 2.75) is 43.7 Å². The van der Waals surface area contributed by atoms with E-state index in [4.69, 9.17) is 9.40 Å². The second-order valence-electron chi connectivity index (χ2n) is 6.90. The molecule has 148 valence electrons. The lowest BCUT2D eigenvalue weighted by Crippen LogP contribution is -2.14. The van der Waals surface area contributed by atoms with Crippen LogP contribution in [-0.4, -0.2) is 20.2 Å². The molecule has 9 heteroatoms. The highest BCUT2D eigenvalue weighted by Gasteiger charge is 2.16. The molecule has 0 atom stereocenters. The van der Waals surface area contributed by atoms with Gasteiger partial charge in [0.1, 0.15) is 11.1 Å². The molecule has 1 aliphatic carbocycles. The molecule has 2 heterocycles. The molecular formula is C20H18N4O4S. The SMILES string of the molecule is N#Cc1cc2c(nc1SCCCn1c(=O)oc3ccc([N+](=O)[O-])cc31)CCCC2. The van der Waals surface area contributed by atoms with Crippen molar-refractivity contribution in [1.82, 2.24) is 9.55 Å². The molecule has 0 radical (unpaired) electrons. The lowest BCUT2D eigenvalue weighted by Gasteiger charge is -2.16. The number of thioether (sulfide) groups is 1. The quantitative estimate of drug-likeness (QED) is 0.262. The van der Waals surface area contributed by atoms with Gasteiger partial charge in [-0.3, -0.25) is 14.7 Å². The summed E-state index contributed by atoms with van der Waals surface area (Å²) in [5.74, 6) is 0.129. The average Bonchev–Trinajstić information content (AvgIpc) is 3.04. The Labute approximate surface area is 170 Å². The van der Waals surface area contributed by atoms with Gasteiger partial charge in [-0.05, 0) is 49.8 Å². The van der Waals surface area contributed by atoms with E-state index in [0.29, 0.717) is 35.4 Å². The van der Waals surface area contributed by atoms with Gasteiger partial charge in [-0.25, -0.2) is 9.78 Å². The standard InChI is InChI=1S/C20H18N4O4S/c21-12-14-10-13-4-1-2-5-16(13)22-19(14)29-9-3-8-23-17-11-15(24(26)27)6-7-18(17)28-20(23)25/h6-7,10-11H,1-5,8-9H2. The molecule has 0 saturated heterocycles. The third-order valence-corrected chi connectivity index (χ3v) is 6.09. The summed E-state index contributed by atoms with van der Waals surface area (Å²) in [6.07, 6.45) is 4.82. The van der Waals surface area contributed by atoms with E-state index in [1.54, 1.807) is 0 Å². The van der Waals surface area contributed by atoms with E-state index in [1.165, 1.54) is 40.1 Å². The molecule has 0 N–H and O–H groups in total. The summed E-state index contributed by atoms with van der Waals surface area (Å²) in [5, 5.41) is 21.2. The van der Waals surface area contributed by atoms with Crippen molar-refractivity contribution in [3.8, 4) is 6.07 Å². The Balaban J connectivity index is 1.47. The van der Waals surface area contributed by atoms with Crippen LogP contribution in [0.4, 0.5) is 5.69 Å². The zero-order valence-corrected chi connectivity index (χ0v) is 16.4. The Hall–Kier alpha value is -3.12. The number of hydrogen-bond donors (Lipinski definition) is 0. The first-order valence-electron chi connectivity index (χ1n) is 9.40. The normalized spacial score (nSPS) is 13.2. The fourth-order valence-corrected chi connectivity index (χ4v) is 4.47. The van der Waals surface area contributed by atoms with Crippen LogP contribution in [0.1, 0.15) is 36.1 Å². The number of pyridine rings is 1. The van der Waals surface area contributed by atoms with Gasteiger partial charge in [-0.15, -0.1) is 11.8 Å². The van der Waals surface area contributed by atoms with Gasteiger partial charge >= 0.3 is 5.76 Å². The maximum absolute atomic E-state index is 12.1. The number of fused-ring (bicyclic) bond motifs is 2. The highest BCUT2D eigenvalue weighted by molar-refractivity contribution is 7.99. The van der Waals surface area contributed by atoms with Crippen LogP contribution in [-0.2, 0) is 19.4 Å². The van der Waals surface area contributed by atoms with Crippen LogP contribution in [0.3, 0.4) is 0 Å². The smallest absolute Gasteiger partial charge is 0.408 e. The maximum atomic E-state index is 12.1. The third-order valence-electron chi connectivity index (χ3n) is 5.01. The second-order valence-corrected chi connectivity index (χ2v) is 7.98. The largest absolute Gasteiger partial charge is 0.419 e. The molecule has 29 heavy (non-hydrogen) atoms. The molecule has 0 bridgehead atoms. The van der Waals surface area contributed by atoms with E-state index >= 15 is 0 Å². The molecule has 0 saturated carbocycles. The van der Waals surface area contributed by atoms with Crippen molar-refractivity contribution in [2.75, 3.05) is 5.75 Å². The number of nitro benzene ring substituents is 1. The molecule has 3 aromatic rings. The van der Waals surface area contributed by atoms with E-state index < -0.39 is 10.7 Å². The maximum Gasteiger partial charge on any atom is 0.419 e. The van der Waals surface area contributed by atoms with Gasteiger partial charge in [-0.1, -0.05) is 0 Å². The van der Waals surface area contributed by atoms with Crippen LogP contribution >= 0.6 is 11.8 Å². The minimum absolute atomic E-state index is 0.0849. The fraction of sp³-hybridized carbons (Fsp3) is 0.350. The lowest BCUT2D eigenvalue weighted by atomic mass is 9.95. The topological polar surface area (TPSA) is 115 Å². The fourth-order valence-electron chi connectivity index (χ4n) is 3.57. The second kappa shape index (κ2) is 8.09. The highest BCUT2D eigenvalue weighted by atomic mass is 32.2. The number of aromatic nitrogens is 2. The van der Waals surface area contributed by atoms with Crippen LogP contribution in [0.15, 0.2) is 38.5 Å². The van der Waals surface area contributed by atoms with Gasteiger partial charge in [0.15, 0.2) is 5.58 Å². The number of benzene rings is 1. The zero-order chi connectivity index (χ0) is 20.4. The molecule has 0 aliphatic heterocycles. The summed E-state index contributed by atoms with van der Waals surface area (Å²) in [6, 6.07) is 8.30. The summed E-state index contributed by atoms with van der Waals surface area (Å²) in [5.41, 5.74) is 3.52. The monoisotopic (exact) mass is 410 g/mol. The summed E-state index contributed by atoms with van der Waals surface area (Å²) < 4.78 is 6.58. The van der Waals surface area contributed by atoms with Gasteiger partial charge < -0.3 is 4.42 Å². The van der Waals surface area contributed by atoms with E-state index in [0.717, 1.165) is 36.4 Å². The number of aryl methyl sites for hydroxylation is 3. The van der Waals surface area contributed by atoms with Crippen molar-refractivity contribution in [3.05, 3.63) is 61.8 Å². The highest BCUT2D eigenvalue weighted by Crippen LogP contribution is 2.28. The molecule has 8 nitrogen and oxygen atoms in total. The summed E-state index contributed by atoms with van der Waals surface area (Å²) >= 11 is 1.50. The molecule has 0 amide bonds. The van der Waals surface area contributed by atoms with E-state index in [2.05, 4.69) is 6.07 Å². The van der Waals surface area contributed by atoms with Crippen LogP contribution in [0.2, 0.25) is 0 Å². The summed E-state index contributed by atoms with van der Waals surface area (Å²) in [4.78, 5) is 27.3. The van der Waals surface area contributed by atoms with Crippen molar-refractivity contribution < 1.29 is 9.34 Å². The molecule has 4 rings (SSSR count). The molecular weight excluding hydrogens is 392 g/mol. The van der Waals surface area contributed by atoms with Crippen molar-refractivity contribution in [3.63, 3.8) is 0 Å². The number of hydrogen-bond acceptors (Lipinski definition) is 7. The number of nitriles is 1. The third kappa shape index (κ3) is 3.89. The summed E-state index contributed by atoms with van der Waals surface area (Å²) in [6.45, 7) is 0.368. The van der Waals surface area contributed by atoms with E-state index in [1.807, 2.05) is 6.07 Å². The van der Waals surface area contributed by atoms with Crippen LogP contribution < -0.4 is 5.76 Å². The minimum Gasteiger partial charge on any atom is -0.408 e. The predicted molar refractivity (Wildman–Crippen MR) is 108 cm³/mol. The Morgan fingerprint density at radius 2 is 2.14 bits per heavy atom. The van der Waals surface area contributed by atoms with Gasteiger partial charge in [0.05, 0.1) is 16.0 Å². The van der Waals surface area contributed by atoms with Crippen molar-refractivity contribution in [1.29, 1.82) is 5.26 Å². The first kappa shape index (κ1) is 19.2. The molecule has 1 aromatic carbocycles.